The first-order chi connectivity index (χ1) is 43.3. The van der Waals surface area contributed by atoms with Gasteiger partial charge in [-0.3, -0.25) is 0 Å². The van der Waals surface area contributed by atoms with E-state index >= 15 is 0 Å². The molecular formula is C74H60N8O8. The van der Waals surface area contributed by atoms with E-state index in [2.05, 4.69) is 58.6 Å². The molecule has 2 aliphatic carbocycles. The Morgan fingerprint density at radius 3 is 1.13 bits per heavy atom. The molecule has 9 aromatic rings. The summed E-state index contributed by atoms with van der Waals surface area (Å²) in [7, 11) is 0. The van der Waals surface area contributed by atoms with Crippen LogP contribution < -0.4 is 60.8 Å². The van der Waals surface area contributed by atoms with Crippen LogP contribution in [0.25, 0.3) is 0 Å². The van der Waals surface area contributed by atoms with Gasteiger partial charge in [0.25, 0.3) is 0 Å². The summed E-state index contributed by atoms with van der Waals surface area (Å²) in [6.07, 6.45) is 6.10. The largest absolute Gasteiger partial charge is 0.461 e. The first-order valence-electron chi connectivity index (χ1n) is 28.6. The molecule has 0 radical (unpaired) electrons. The molecule has 0 fully saturated rings. The quantitative estimate of drug-likeness (QED) is 0.0333. The maximum Gasteiger partial charge on any atom is 0.170 e. The predicted molar refractivity (Wildman–Crippen MR) is 344 cm³/mol. The Balaban J connectivity index is 1.05. The van der Waals surface area contributed by atoms with E-state index in [0.29, 0.717) is 64.3 Å². The first-order valence-corrected chi connectivity index (χ1v) is 28.6. The van der Waals surface area contributed by atoms with Gasteiger partial charge in [-0.15, -0.1) is 0 Å². The van der Waals surface area contributed by atoms with Crippen LogP contribution in [-0.2, 0) is 16.2 Å². The molecule has 0 aliphatic heterocycles. The predicted octanol–water partition coefficient (Wildman–Crippen LogP) is 17.4. The van der Waals surface area contributed by atoms with Crippen molar-refractivity contribution in [3.63, 3.8) is 0 Å². The average Bonchev–Trinajstić information content (AvgIpc) is 1.52. The topological polar surface area (TPSA) is 273 Å². The Hall–Kier alpha value is -12.2. The number of rotatable bonds is 19. The molecule has 1 atom stereocenters. The van der Waals surface area contributed by atoms with E-state index < -0.39 is 16.2 Å². The summed E-state index contributed by atoms with van der Waals surface area (Å²) in [5, 5.41) is 42.1. The van der Waals surface area contributed by atoms with Crippen molar-refractivity contribution in [1.82, 2.24) is 0 Å². The molecule has 9 aromatic carbocycles. The fourth-order valence-corrected chi connectivity index (χ4v) is 11.9. The summed E-state index contributed by atoms with van der Waals surface area (Å²) in [5.41, 5.74) is 28.5. The lowest BCUT2D eigenvalue weighted by Crippen LogP contribution is -2.27. The summed E-state index contributed by atoms with van der Waals surface area (Å²) < 4.78 is 52.3. The highest BCUT2D eigenvalue weighted by Crippen LogP contribution is 2.65. The molecule has 0 aromatic heterocycles. The molecule has 2 aliphatic rings. The van der Waals surface area contributed by atoms with Crippen LogP contribution in [0.15, 0.2) is 212 Å². The number of fused-ring (bicyclic) bond motifs is 4. The van der Waals surface area contributed by atoms with Crippen LogP contribution >= 0.6 is 0 Å². The molecule has 16 heteroatoms. The van der Waals surface area contributed by atoms with Crippen LogP contribution in [0.5, 0.6) is 80.5 Å². The molecular weight excluding hydrogens is 1130 g/mol. The number of hydrogen-bond acceptors (Lipinski definition) is 16. The second-order valence-electron chi connectivity index (χ2n) is 23.0. The van der Waals surface area contributed by atoms with Crippen LogP contribution in [0.3, 0.4) is 0 Å². The zero-order valence-corrected chi connectivity index (χ0v) is 49.7. The Kier molecular flexibility index (Phi) is 16.3. The highest BCUT2D eigenvalue weighted by molar-refractivity contribution is 5.69. The lowest BCUT2D eigenvalue weighted by molar-refractivity contribution is 0.348. The zero-order valence-electron chi connectivity index (χ0n) is 49.7. The number of nitriles is 4. The van der Waals surface area contributed by atoms with Gasteiger partial charge in [-0.05, 0) is 167 Å². The fraction of sp³-hybridized carbons (Fsp3) is 0.135. The van der Waals surface area contributed by atoms with Crippen molar-refractivity contribution >= 4 is 22.7 Å². The Bertz CT molecular complexity index is 4580. The normalized spacial score (nSPS) is 14.8. The lowest BCUT2D eigenvalue weighted by Gasteiger charge is -2.31. The average molecular weight is 1190 g/mol. The summed E-state index contributed by atoms with van der Waals surface area (Å²) in [4.78, 5) is 0. The standard InChI is InChI=1S/C74H60N8O8/c1-45(14-6-19-50(30-31-75)84-51-20-7-15-46(79)32-51)83-68-38-60-58(36-69(68)88-65-27-11-24-62(55(65)40-76)85-52-21-8-16-47(80)33-52)72(2,3)43-74(60)44-73(4,5)59-37-70(89-66-28-12-25-63(56(66)41-77)86-53-22-9-17-48(81)34-53)71(39-61(59)74)90-67-29-13-26-64(57(67)42-78)87-54-23-10-18-49(82)35-54/h6-29,32-39H,1,30,43-44,79-82H2,2-5H3/b14-6-,50-19+. The monoisotopic (exact) mass is 1190 g/mol. The van der Waals surface area contributed by atoms with Crippen molar-refractivity contribution in [2.24, 2.45) is 0 Å². The number of nitrogen functional groups attached to an aromatic ring is 4. The lowest BCUT2D eigenvalue weighted by atomic mass is 9.72. The second-order valence-corrected chi connectivity index (χ2v) is 23.0. The molecule has 0 heterocycles. The van der Waals surface area contributed by atoms with E-state index in [1.165, 1.54) is 0 Å². The Morgan fingerprint density at radius 1 is 0.422 bits per heavy atom. The minimum Gasteiger partial charge on any atom is -0.461 e. The van der Waals surface area contributed by atoms with Crippen molar-refractivity contribution in [1.29, 1.82) is 21.0 Å². The number of allylic oxidation sites excluding steroid dienone is 4. The van der Waals surface area contributed by atoms with Gasteiger partial charge in [0.05, 0.1) is 12.5 Å². The fourth-order valence-electron chi connectivity index (χ4n) is 11.9. The molecule has 1 spiro atoms. The highest BCUT2D eigenvalue weighted by Gasteiger charge is 2.57. The van der Waals surface area contributed by atoms with E-state index in [9.17, 15) is 21.0 Å². The number of ether oxygens (including phenoxy) is 8. The van der Waals surface area contributed by atoms with Crippen LogP contribution in [-0.4, -0.2) is 0 Å². The molecule has 444 valence electrons. The maximum atomic E-state index is 10.9. The number of benzene rings is 9. The van der Waals surface area contributed by atoms with Gasteiger partial charge in [0.2, 0.25) is 0 Å². The summed E-state index contributed by atoms with van der Waals surface area (Å²) in [6.45, 7) is 13.0. The van der Waals surface area contributed by atoms with Gasteiger partial charge in [-0.1, -0.05) is 82.8 Å². The van der Waals surface area contributed by atoms with Crippen molar-refractivity contribution in [2.75, 3.05) is 22.9 Å². The van der Waals surface area contributed by atoms with Gasteiger partial charge < -0.3 is 60.8 Å². The summed E-state index contributed by atoms with van der Waals surface area (Å²) in [5.74, 6) is 4.54. The molecule has 16 nitrogen and oxygen atoms in total. The molecule has 0 amide bonds. The van der Waals surface area contributed by atoms with Gasteiger partial charge in [0.15, 0.2) is 23.0 Å². The number of nitrogens with two attached hydrogens (primary N) is 4. The molecule has 1 unspecified atom stereocenters. The molecule has 0 saturated heterocycles. The minimum atomic E-state index is -0.752. The molecule has 90 heavy (non-hydrogen) atoms. The van der Waals surface area contributed by atoms with Gasteiger partial charge in [-0.2, -0.15) is 21.0 Å². The van der Waals surface area contributed by atoms with Crippen molar-refractivity contribution in [3.8, 4) is 105 Å². The number of nitrogens with zero attached hydrogens (tertiary/aromatic N) is 4. The first kappa shape index (κ1) is 59.5. The summed E-state index contributed by atoms with van der Waals surface area (Å²) in [6, 6.07) is 59.7. The molecule has 0 saturated carbocycles. The second kappa shape index (κ2) is 24.6. The van der Waals surface area contributed by atoms with E-state index in [1.807, 2.05) is 24.3 Å². The maximum absolute atomic E-state index is 10.9. The molecule has 0 bridgehead atoms. The highest BCUT2D eigenvalue weighted by atomic mass is 16.5. The third-order valence-electron chi connectivity index (χ3n) is 15.5. The smallest absolute Gasteiger partial charge is 0.170 e. The van der Waals surface area contributed by atoms with Gasteiger partial charge in [0, 0.05) is 52.4 Å². The third kappa shape index (κ3) is 12.4. The van der Waals surface area contributed by atoms with Crippen molar-refractivity contribution in [2.45, 2.75) is 63.2 Å². The van der Waals surface area contributed by atoms with Crippen molar-refractivity contribution < 1.29 is 37.9 Å². The van der Waals surface area contributed by atoms with E-state index in [-0.39, 0.29) is 86.4 Å². The van der Waals surface area contributed by atoms with Crippen LogP contribution in [0.4, 0.5) is 22.7 Å². The van der Waals surface area contributed by atoms with E-state index in [4.69, 9.17) is 60.8 Å². The number of anilines is 4. The van der Waals surface area contributed by atoms with Gasteiger partial charge in [0.1, 0.15) is 104 Å². The van der Waals surface area contributed by atoms with E-state index in [1.54, 1.807) is 170 Å². The minimum absolute atomic E-state index is 0.0362. The van der Waals surface area contributed by atoms with Gasteiger partial charge >= 0.3 is 0 Å². The molecule has 11 rings (SSSR count). The summed E-state index contributed by atoms with van der Waals surface area (Å²) >= 11 is 0. The van der Waals surface area contributed by atoms with E-state index in [0.717, 1.165) is 22.3 Å². The Labute approximate surface area is 521 Å². The van der Waals surface area contributed by atoms with Crippen LogP contribution in [0, 0.1) is 45.3 Å². The number of hydrogen-bond donors (Lipinski definition) is 4. The SMILES string of the molecule is C=C(/C=C\C=C(/CC#N)Oc1cccc(N)c1)Oc1cc2c(cc1Oc1cccc(Oc3cccc(N)c3)c1C#N)C(C)(C)CC21CC(C)(C)c2cc(Oc3cccc(Oc4cccc(N)c4)c3C#N)c(Oc3cccc(Oc4cccc(N)c4)c3C#N)cc21. The zero-order chi connectivity index (χ0) is 63.3. The van der Waals surface area contributed by atoms with Crippen molar-refractivity contribution in [3.05, 3.63) is 251 Å². The Morgan fingerprint density at radius 2 is 0.756 bits per heavy atom. The van der Waals surface area contributed by atoms with Crippen LogP contribution in [0.1, 0.15) is 85.9 Å². The molecule has 8 N–H and O–H groups in total. The third-order valence-corrected chi connectivity index (χ3v) is 15.5. The van der Waals surface area contributed by atoms with Crippen LogP contribution in [0.2, 0.25) is 0 Å². The van der Waals surface area contributed by atoms with Gasteiger partial charge in [-0.25, -0.2) is 0 Å².